The van der Waals surface area contributed by atoms with Gasteiger partial charge >= 0.3 is 7.12 Å². The topological polar surface area (TPSA) is 36.9 Å². The summed E-state index contributed by atoms with van der Waals surface area (Å²) in [5, 5.41) is 0. The van der Waals surface area contributed by atoms with Crippen molar-refractivity contribution in [2.75, 3.05) is 6.61 Å². The first-order valence-electron chi connectivity index (χ1n) is 8.46. The Bertz CT molecular complexity index is 492. The molecule has 5 heteroatoms. The van der Waals surface area contributed by atoms with Crippen LogP contribution in [0.5, 0.6) is 0 Å². The van der Waals surface area contributed by atoms with Gasteiger partial charge in [0.15, 0.2) is 5.79 Å². The molecule has 23 heavy (non-hydrogen) atoms. The third-order valence-electron chi connectivity index (χ3n) is 3.55. The zero-order chi connectivity index (χ0) is 17.0. The minimum absolute atomic E-state index is 0.0933. The molecule has 1 aliphatic heterocycles. The highest BCUT2D eigenvalue weighted by Gasteiger charge is 2.33. The van der Waals surface area contributed by atoms with E-state index in [0.29, 0.717) is 6.61 Å². The summed E-state index contributed by atoms with van der Waals surface area (Å²) in [4.78, 5) is 0. The van der Waals surface area contributed by atoms with E-state index >= 15 is 0 Å². The number of benzene rings is 1. The van der Waals surface area contributed by atoms with Crippen LogP contribution in [0.1, 0.15) is 47.1 Å². The molecule has 0 aromatic heterocycles. The minimum atomic E-state index is -0.480. The van der Waals surface area contributed by atoms with Gasteiger partial charge in [0.25, 0.3) is 0 Å². The molecule has 0 aliphatic carbocycles. The number of ether oxygens (including phenoxy) is 2. The van der Waals surface area contributed by atoms with Crippen molar-refractivity contribution in [3.05, 3.63) is 29.8 Å². The van der Waals surface area contributed by atoms with Crippen LogP contribution in [0.25, 0.3) is 0 Å². The normalized spacial score (nSPS) is 20.4. The van der Waals surface area contributed by atoms with E-state index in [2.05, 4.69) is 18.2 Å². The van der Waals surface area contributed by atoms with Crippen molar-refractivity contribution in [1.82, 2.24) is 0 Å². The van der Waals surface area contributed by atoms with Crippen LogP contribution in [0.4, 0.5) is 0 Å². The van der Waals surface area contributed by atoms with Crippen molar-refractivity contribution < 1.29 is 18.8 Å². The van der Waals surface area contributed by atoms with E-state index in [9.17, 15) is 0 Å². The quantitative estimate of drug-likeness (QED) is 0.724. The SMILES string of the molecule is CC(C)OB(OC(C)C)c1cccc(CC2COC(C)(C)O2)c1. The highest BCUT2D eigenvalue weighted by molar-refractivity contribution is 6.61. The van der Waals surface area contributed by atoms with Crippen molar-refractivity contribution in [3.63, 3.8) is 0 Å². The maximum atomic E-state index is 5.93. The molecule has 0 bridgehead atoms. The van der Waals surface area contributed by atoms with Crippen LogP contribution in [0.15, 0.2) is 24.3 Å². The van der Waals surface area contributed by atoms with Crippen LogP contribution in [-0.2, 0) is 25.2 Å². The van der Waals surface area contributed by atoms with Crippen molar-refractivity contribution in [2.24, 2.45) is 0 Å². The summed E-state index contributed by atoms with van der Waals surface area (Å²) in [6.45, 7) is 12.6. The smallest absolute Gasteiger partial charge is 0.405 e. The number of hydrogen-bond acceptors (Lipinski definition) is 4. The Morgan fingerprint density at radius 3 is 2.35 bits per heavy atom. The van der Waals surface area contributed by atoms with Gasteiger partial charge in [-0.15, -0.1) is 0 Å². The molecule has 0 spiro atoms. The molecule has 0 radical (unpaired) electrons. The maximum Gasteiger partial charge on any atom is 0.494 e. The highest BCUT2D eigenvalue weighted by Crippen LogP contribution is 2.24. The van der Waals surface area contributed by atoms with Crippen LogP contribution >= 0.6 is 0 Å². The Balaban J connectivity index is 2.07. The van der Waals surface area contributed by atoms with Crippen LogP contribution in [0.2, 0.25) is 0 Å². The summed E-state index contributed by atoms with van der Waals surface area (Å²) < 4.78 is 23.4. The molecule has 1 aliphatic rings. The Labute approximate surface area is 140 Å². The highest BCUT2D eigenvalue weighted by atomic mass is 16.7. The first-order chi connectivity index (χ1) is 10.7. The fraction of sp³-hybridized carbons (Fsp3) is 0.667. The molecule has 1 aromatic rings. The summed E-state index contributed by atoms with van der Waals surface area (Å²) in [6, 6.07) is 8.35. The summed E-state index contributed by atoms with van der Waals surface area (Å²) in [6.07, 6.45) is 1.13. The molecule has 2 rings (SSSR count). The Morgan fingerprint density at radius 1 is 1.17 bits per heavy atom. The van der Waals surface area contributed by atoms with Gasteiger partial charge < -0.3 is 18.8 Å². The standard InChI is InChI=1S/C18H29BO4/c1-13(2)22-19(23-14(3)4)16-9-7-8-15(10-16)11-17-12-20-18(5,6)21-17/h7-10,13-14,17H,11-12H2,1-6H3. The molecule has 1 aromatic carbocycles. The third kappa shape index (κ3) is 5.92. The van der Waals surface area contributed by atoms with E-state index in [1.807, 2.05) is 47.6 Å². The second-order valence-electron chi connectivity index (χ2n) is 7.10. The van der Waals surface area contributed by atoms with Crippen LogP contribution < -0.4 is 5.46 Å². The van der Waals surface area contributed by atoms with E-state index in [4.69, 9.17) is 18.8 Å². The summed E-state index contributed by atoms with van der Waals surface area (Å²) in [7, 11) is -0.341. The third-order valence-corrected chi connectivity index (χ3v) is 3.55. The molecule has 1 saturated heterocycles. The van der Waals surface area contributed by atoms with Crippen molar-refractivity contribution in [1.29, 1.82) is 0 Å². The zero-order valence-electron chi connectivity index (χ0n) is 15.2. The molecular weight excluding hydrogens is 291 g/mol. The second kappa shape index (κ2) is 7.80. The first kappa shape index (κ1) is 18.5. The lowest BCUT2D eigenvalue weighted by molar-refractivity contribution is -0.138. The maximum absolute atomic E-state index is 5.93. The summed E-state index contributed by atoms with van der Waals surface area (Å²) in [5.41, 5.74) is 2.25. The van der Waals surface area contributed by atoms with Crippen molar-refractivity contribution in [2.45, 2.75) is 72.1 Å². The van der Waals surface area contributed by atoms with Gasteiger partial charge in [-0.1, -0.05) is 24.3 Å². The molecule has 1 fully saturated rings. The van der Waals surface area contributed by atoms with Gasteiger partial charge in [0.2, 0.25) is 0 Å². The summed E-state index contributed by atoms with van der Waals surface area (Å²) >= 11 is 0. The largest absolute Gasteiger partial charge is 0.494 e. The van der Waals surface area contributed by atoms with E-state index in [-0.39, 0.29) is 25.4 Å². The number of rotatable bonds is 7. The zero-order valence-corrected chi connectivity index (χ0v) is 15.2. The second-order valence-corrected chi connectivity index (χ2v) is 7.10. The Kier molecular flexibility index (Phi) is 6.26. The molecule has 0 amide bonds. The van der Waals surface area contributed by atoms with E-state index < -0.39 is 5.79 Å². The predicted octanol–water partition coefficient (Wildman–Crippen LogP) is 2.93. The Morgan fingerprint density at radius 2 is 1.83 bits per heavy atom. The molecule has 0 N–H and O–H groups in total. The van der Waals surface area contributed by atoms with E-state index in [1.165, 1.54) is 5.56 Å². The molecule has 128 valence electrons. The van der Waals surface area contributed by atoms with Gasteiger partial charge in [-0.3, -0.25) is 0 Å². The van der Waals surface area contributed by atoms with Crippen LogP contribution in [-0.4, -0.2) is 37.8 Å². The van der Waals surface area contributed by atoms with Gasteiger partial charge in [-0.25, -0.2) is 0 Å². The van der Waals surface area contributed by atoms with E-state index in [0.717, 1.165) is 11.9 Å². The fourth-order valence-corrected chi connectivity index (χ4v) is 2.68. The fourth-order valence-electron chi connectivity index (χ4n) is 2.68. The van der Waals surface area contributed by atoms with Gasteiger partial charge in [0.05, 0.1) is 12.7 Å². The summed E-state index contributed by atoms with van der Waals surface area (Å²) in [5.74, 6) is -0.480. The molecule has 1 heterocycles. The average Bonchev–Trinajstić information content (AvgIpc) is 2.76. The lowest BCUT2D eigenvalue weighted by Gasteiger charge is -2.21. The van der Waals surface area contributed by atoms with Crippen molar-refractivity contribution in [3.8, 4) is 0 Å². The monoisotopic (exact) mass is 320 g/mol. The molecular formula is C18H29BO4. The van der Waals surface area contributed by atoms with Crippen LogP contribution in [0.3, 0.4) is 0 Å². The molecule has 1 atom stereocenters. The number of hydrogen-bond donors (Lipinski definition) is 0. The molecule has 0 saturated carbocycles. The first-order valence-corrected chi connectivity index (χ1v) is 8.46. The Hall–Kier alpha value is -0.875. The molecule has 1 unspecified atom stereocenters. The minimum Gasteiger partial charge on any atom is -0.405 e. The van der Waals surface area contributed by atoms with Crippen LogP contribution in [0, 0.1) is 0 Å². The van der Waals surface area contributed by atoms with Crippen molar-refractivity contribution >= 4 is 12.6 Å². The van der Waals surface area contributed by atoms with Gasteiger partial charge in [-0.2, -0.15) is 0 Å². The van der Waals surface area contributed by atoms with Gasteiger partial charge in [0.1, 0.15) is 0 Å². The average molecular weight is 320 g/mol. The van der Waals surface area contributed by atoms with Gasteiger partial charge in [-0.05, 0) is 52.6 Å². The van der Waals surface area contributed by atoms with E-state index in [1.54, 1.807) is 0 Å². The lowest BCUT2D eigenvalue weighted by Crippen LogP contribution is -2.41. The predicted molar refractivity (Wildman–Crippen MR) is 92.9 cm³/mol. The lowest BCUT2D eigenvalue weighted by atomic mass is 9.77. The molecule has 4 nitrogen and oxygen atoms in total. The van der Waals surface area contributed by atoms with Gasteiger partial charge in [0, 0.05) is 18.6 Å².